The molecule has 2 heterocycles. The van der Waals surface area contributed by atoms with Gasteiger partial charge in [-0.3, -0.25) is 9.97 Å². The van der Waals surface area contributed by atoms with E-state index in [1.807, 2.05) is 30.5 Å². The predicted octanol–water partition coefficient (Wildman–Crippen LogP) is 3.35. The maximum atomic E-state index is 6.07. The molecule has 3 aromatic rings. The van der Waals surface area contributed by atoms with E-state index in [1.54, 1.807) is 18.6 Å². The monoisotopic (exact) mass is 241 g/mol. The van der Waals surface area contributed by atoms with Gasteiger partial charge in [-0.05, 0) is 11.5 Å². The summed E-state index contributed by atoms with van der Waals surface area (Å²) < 4.78 is 0. The Labute approximate surface area is 103 Å². The van der Waals surface area contributed by atoms with Gasteiger partial charge >= 0.3 is 0 Å². The number of hydrogen-bond acceptors (Lipinski definition) is 3. The third kappa shape index (κ3) is 1.74. The largest absolute Gasteiger partial charge is 0.264 e. The van der Waals surface area contributed by atoms with Gasteiger partial charge in [-0.25, -0.2) is 4.98 Å². The van der Waals surface area contributed by atoms with E-state index in [9.17, 15) is 0 Å². The van der Waals surface area contributed by atoms with Gasteiger partial charge in [0.15, 0.2) is 5.15 Å². The van der Waals surface area contributed by atoms with Gasteiger partial charge in [0.2, 0.25) is 0 Å². The number of fused-ring (bicyclic) bond motifs is 1. The van der Waals surface area contributed by atoms with Crippen LogP contribution in [-0.2, 0) is 0 Å². The number of aromatic nitrogens is 3. The molecule has 17 heavy (non-hydrogen) atoms. The average Bonchev–Trinajstić information content (AvgIpc) is 2.39. The fourth-order valence-electron chi connectivity index (χ4n) is 1.83. The van der Waals surface area contributed by atoms with Crippen LogP contribution in [0.3, 0.4) is 0 Å². The zero-order valence-corrected chi connectivity index (χ0v) is 9.59. The van der Waals surface area contributed by atoms with Crippen molar-refractivity contribution in [2.75, 3.05) is 0 Å². The zero-order valence-electron chi connectivity index (χ0n) is 8.84. The van der Waals surface area contributed by atoms with Crippen molar-refractivity contribution in [3.05, 3.63) is 54.2 Å². The van der Waals surface area contributed by atoms with Gasteiger partial charge in [-0.1, -0.05) is 29.8 Å². The van der Waals surface area contributed by atoms with Gasteiger partial charge in [0, 0.05) is 35.7 Å². The second-order valence-corrected chi connectivity index (χ2v) is 3.96. The van der Waals surface area contributed by atoms with Crippen LogP contribution in [-0.4, -0.2) is 15.0 Å². The summed E-state index contributed by atoms with van der Waals surface area (Å²) in [6, 6.07) is 7.91. The first-order chi connectivity index (χ1) is 8.36. The van der Waals surface area contributed by atoms with Gasteiger partial charge in [-0.15, -0.1) is 0 Å². The Kier molecular flexibility index (Phi) is 2.46. The summed E-state index contributed by atoms with van der Waals surface area (Å²) in [5.41, 5.74) is 1.67. The molecule has 0 saturated carbocycles. The van der Waals surface area contributed by atoms with Gasteiger partial charge < -0.3 is 0 Å². The first kappa shape index (κ1) is 10.2. The molecular weight excluding hydrogens is 234 g/mol. The molecular formula is C13H8ClN3. The lowest BCUT2D eigenvalue weighted by atomic mass is 10.0. The Balaban J connectivity index is 2.35. The Morgan fingerprint density at radius 3 is 2.71 bits per heavy atom. The zero-order chi connectivity index (χ0) is 11.7. The lowest BCUT2D eigenvalue weighted by molar-refractivity contribution is 1.21. The SMILES string of the molecule is Clc1nccnc1-c1cccc2cnccc12. The Hall–Kier alpha value is -2.00. The maximum absolute atomic E-state index is 6.07. The van der Waals surface area contributed by atoms with Crippen molar-refractivity contribution >= 4 is 22.4 Å². The fraction of sp³-hybridized carbons (Fsp3) is 0. The molecule has 0 unspecified atom stereocenters. The van der Waals surface area contributed by atoms with Crippen LogP contribution in [0.4, 0.5) is 0 Å². The van der Waals surface area contributed by atoms with Crippen LogP contribution in [0.1, 0.15) is 0 Å². The van der Waals surface area contributed by atoms with E-state index >= 15 is 0 Å². The fourth-order valence-corrected chi connectivity index (χ4v) is 2.04. The number of hydrogen-bond donors (Lipinski definition) is 0. The first-order valence-electron chi connectivity index (χ1n) is 5.16. The predicted molar refractivity (Wildman–Crippen MR) is 67.8 cm³/mol. The molecule has 0 atom stereocenters. The van der Waals surface area contributed by atoms with Crippen molar-refractivity contribution in [3.63, 3.8) is 0 Å². The van der Waals surface area contributed by atoms with E-state index in [0.717, 1.165) is 16.3 Å². The summed E-state index contributed by atoms with van der Waals surface area (Å²) in [6.07, 6.45) is 6.80. The molecule has 0 radical (unpaired) electrons. The smallest absolute Gasteiger partial charge is 0.155 e. The summed E-state index contributed by atoms with van der Waals surface area (Å²) in [5, 5.41) is 2.55. The van der Waals surface area contributed by atoms with Gasteiger partial charge in [0.25, 0.3) is 0 Å². The topological polar surface area (TPSA) is 38.7 Å². The highest BCUT2D eigenvalue weighted by atomic mass is 35.5. The van der Waals surface area contributed by atoms with Gasteiger partial charge in [0.1, 0.15) is 5.69 Å². The molecule has 0 spiro atoms. The van der Waals surface area contributed by atoms with E-state index in [2.05, 4.69) is 15.0 Å². The molecule has 0 aliphatic rings. The van der Waals surface area contributed by atoms with Crippen LogP contribution in [0.25, 0.3) is 22.0 Å². The summed E-state index contributed by atoms with van der Waals surface area (Å²) in [6.45, 7) is 0. The summed E-state index contributed by atoms with van der Waals surface area (Å²) in [5.74, 6) is 0. The van der Waals surface area contributed by atoms with Crippen molar-refractivity contribution < 1.29 is 0 Å². The second-order valence-electron chi connectivity index (χ2n) is 3.60. The standard InChI is InChI=1S/C13H8ClN3/c14-13-12(16-6-7-17-13)11-3-1-2-9-8-15-5-4-10(9)11/h1-8H. The molecule has 4 heteroatoms. The molecule has 0 aliphatic carbocycles. The van der Waals surface area contributed by atoms with Crippen molar-refractivity contribution in [2.24, 2.45) is 0 Å². The number of benzene rings is 1. The van der Waals surface area contributed by atoms with Crippen LogP contribution >= 0.6 is 11.6 Å². The minimum Gasteiger partial charge on any atom is -0.264 e. The first-order valence-corrected chi connectivity index (χ1v) is 5.53. The third-order valence-corrected chi connectivity index (χ3v) is 2.87. The number of nitrogens with zero attached hydrogens (tertiary/aromatic N) is 3. The highest BCUT2D eigenvalue weighted by molar-refractivity contribution is 6.32. The van der Waals surface area contributed by atoms with Crippen LogP contribution < -0.4 is 0 Å². The van der Waals surface area contributed by atoms with Gasteiger partial charge in [0.05, 0.1) is 0 Å². The van der Waals surface area contributed by atoms with Crippen molar-refractivity contribution in [1.82, 2.24) is 15.0 Å². The van der Waals surface area contributed by atoms with Crippen LogP contribution in [0, 0.1) is 0 Å². The number of pyridine rings is 1. The van der Waals surface area contributed by atoms with Crippen LogP contribution in [0.5, 0.6) is 0 Å². The van der Waals surface area contributed by atoms with E-state index < -0.39 is 0 Å². The third-order valence-electron chi connectivity index (χ3n) is 2.59. The summed E-state index contributed by atoms with van der Waals surface area (Å²) >= 11 is 6.07. The lowest BCUT2D eigenvalue weighted by Gasteiger charge is -2.06. The normalized spacial score (nSPS) is 10.6. The Morgan fingerprint density at radius 2 is 1.82 bits per heavy atom. The maximum Gasteiger partial charge on any atom is 0.155 e. The van der Waals surface area contributed by atoms with Crippen molar-refractivity contribution in [3.8, 4) is 11.3 Å². The molecule has 1 aromatic carbocycles. The molecule has 0 N–H and O–H groups in total. The number of rotatable bonds is 1. The number of halogens is 1. The molecule has 82 valence electrons. The van der Waals surface area contributed by atoms with E-state index in [0.29, 0.717) is 10.8 Å². The molecule has 3 nitrogen and oxygen atoms in total. The van der Waals surface area contributed by atoms with E-state index in [-0.39, 0.29) is 0 Å². The molecule has 0 amide bonds. The molecule has 0 aliphatic heterocycles. The van der Waals surface area contributed by atoms with Gasteiger partial charge in [-0.2, -0.15) is 0 Å². The average molecular weight is 242 g/mol. The molecule has 0 fully saturated rings. The highest BCUT2D eigenvalue weighted by Crippen LogP contribution is 2.29. The summed E-state index contributed by atoms with van der Waals surface area (Å²) in [7, 11) is 0. The van der Waals surface area contributed by atoms with Crippen LogP contribution in [0.2, 0.25) is 5.15 Å². The summed E-state index contributed by atoms with van der Waals surface area (Å²) in [4.78, 5) is 12.4. The quantitative estimate of drug-likeness (QED) is 0.656. The molecule has 0 bridgehead atoms. The molecule has 2 aromatic heterocycles. The van der Waals surface area contributed by atoms with E-state index in [1.165, 1.54) is 0 Å². The minimum atomic E-state index is 0.414. The Morgan fingerprint density at radius 1 is 0.941 bits per heavy atom. The molecule has 3 rings (SSSR count). The minimum absolute atomic E-state index is 0.414. The van der Waals surface area contributed by atoms with Crippen LogP contribution in [0.15, 0.2) is 49.1 Å². The highest BCUT2D eigenvalue weighted by Gasteiger charge is 2.08. The Bertz CT molecular complexity index is 677. The molecule has 0 saturated heterocycles. The lowest BCUT2D eigenvalue weighted by Crippen LogP contribution is -1.88. The van der Waals surface area contributed by atoms with Crippen molar-refractivity contribution in [2.45, 2.75) is 0 Å². The van der Waals surface area contributed by atoms with E-state index in [4.69, 9.17) is 11.6 Å². The van der Waals surface area contributed by atoms with Crippen molar-refractivity contribution in [1.29, 1.82) is 0 Å². The second kappa shape index (κ2) is 4.11.